The number of amides is 1. The number of hydrogen-bond acceptors (Lipinski definition) is 5. The van der Waals surface area contributed by atoms with E-state index >= 15 is 0 Å². The molecule has 2 atom stereocenters. The van der Waals surface area contributed by atoms with Crippen molar-refractivity contribution >= 4 is 17.8 Å². The van der Waals surface area contributed by atoms with Crippen LogP contribution >= 0.6 is 0 Å². The molecule has 0 saturated carbocycles. The molecule has 1 aromatic rings. The van der Waals surface area contributed by atoms with E-state index in [0.717, 1.165) is 0 Å². The fourth-order valence-corrected chi connectivity index (χ4v) is 2.32. The molecule has 1 fully saturated rings. The zero-order valence-electron chi connectivity index (χ0n) is 10.8. The molecule has 0 aromatic carbocycles. The molecule has 1 aliphatic heterocycles. The van der Waals surface area contributed by atoms with Gasteiger partial charge in [-0.05, 0) is 13.3 Å². The number of carbonyl (C=O) groups excluding carboxylic acids is 1. The van der Waals surface area contributed by atoms with Crippen LogP contribution in [0.1, 0.15) is 22.5 Å². The summed E-state index contributed by atoms with van der Waals surface area (Å²) in [6.45, 7) is 1.69. The van der Waals surface area contributed by atoms with E-state index in [1.165, 1.54) is 11.1 Å². The Kier molecular flexibility index (Phi) is 3.73. The van der Waals surface area contributed by atoms with Crippen LogP contribution in [0.15, 0.2) is 10.7 Å². The van der Waals surface area contributed by atoms with E-state index in [4.69, 9.17) is 14.7 Å². The first kappa shape index (κ1) is 14.0. The van der Waals surface area contributed by atoms with Gasteiger partial charge in [0.1, 0.15) is 0 Å². The molecule has 8 heteroatoms. The largest absolute Gasteiger partial charge is 0.481 e. The van der Waals surface area contributed by atoms with Gasteiger partial charge in [-0.25, -0.2) is 0 Å². The zero-order valence-corrected chi connectivity index (χ0v) is 10.8. The molecular weight excluding hydrogens is 268 g/mol. The molecule has 0 aliphatic carbocycles. The molecule has 0 spiro atoms. The summed E-state index contributed by atoms with van der Waals surface area (Å²) >= 11 is 0. The standard InChI is InChI=1S/C12H14N2O6/c1-6-4-13-20-9(6)10(15)14-3-2-7(11(16)17)8(5-14)12(18)19/h4,7-8H,2-3,5H2,1H3,(H,16,17)(H,18,19). The van der Waals surface area contributed by atoms with Gasteiger partial charge in [0, 0.05) is 18.7 Å². The molecule has 108 valence electrons. The summed E-state index contributed by atoms with van der Waals surface area (Å²) < 4.78 is 4.84. The van der Waals surface area contributed by atoms with Crippen LogP contribution in [-0.4, -0.2) is 51.2 Å². The van der Waals surface area contributed by atoms with Crippen LogP contribution in [0.3, 0.4) is 0 Å². The molecule has 0 bridgehead atoms. The Hall–Kier alpha value is -2.38. The fourth-order valence-electron chi connectivity index (χ4n) is 2.32. The number of carbonyl (C=O) groups is 3. The summed E-state index contributed by atoms with van der Waals surface area (Å²) in [5.74, 6) is -4.87. The topological polar surface area (TPSA) is 121 Å². The summed E-state index contributed by atoms with van der Waals surface area (Å²) in [5.41, 5.74) is 0.558. The quantitative estimate of drug-likeness (QED) is 0.813. The van der Waals surface area contributed by atoms with Gasteiger partial charge in [-0.1, -0.05) is 5.16 Å². The molecule has 1 saturated heterocycles. The van der Waals surface area contributed by atoms with Crippen molar-refractivity contribution in [1.82, 2.24) is 10.1 Å². The number of hydrogen-bond donors (Lipinski definition) is 2. The Morgan fingerprint density at radius 2 is 1.95 bits per heavy atom. The summed E-state index contributed by atoms with van der Waals surface area (Å²) in [5, 5.41) is 21.6. The van der Waals surface area contributed by atoms with Gasteiger partial charge in [0.15, 0.2) is 0 Å². The Balaban J connectivity index is 2.17. The molecule has 1 aliphatic rings. The monoisotopic (exact) mass is 282 g/mol. The summed E-state index contributed by atoms with van der Waals surface area (Å²) in [4.78, 5) is 35.7. The fraction of sp³-hybridized carbons (Fsp3) is 0.500. The van der Waals surface area contributed by atoms with Crippen LogP contribution in [0.5, 0.6) is 0 Å². The maximum Gasteiger partial charge on any atom is 0.309 e. The molecule has 2 heterocycles. The van der Waals surface area contributed by atoms with E-state index < -0.39 is 29.7 Å². The molecule has 8 nitrogen and oxygen atoms in total. The lowest BCUT2D eigenvalue weighted by Crippen LogP contribution is -2.48. The maximum absolute atomic E-state index is 12.2. The minimum atomic E-state index is -1.22. The Labute approximate surface area is 114 Å². The summed E-state index contributed by atoms with van der Waals surface area (Å²) in [7, 11) is 0. The number of carboxylic acids is 2. The van der Waals surface area contributed by atoms with Crippen LogP contribution < -0.4 is 0 Å². The van der Waals surface area contributed by atoms with E-state index in [9.17, 15) is 14.4 Å². The molecule has 0 radical (unpaired) electrons. The molecule has 20 heavy (non-hydrogen) atoms. The number of rotatable bonds is 3. The third kappa shape index (κ3) is 2.49. The molecule has 1 amide bonds. The van der Waals surface area contributed by atoms with Crippen molar-refractivity contribution < 1.29 is 29.1 Å². The molecule has 1 aromatic heterocycles. The number of piperidine rings is 1. The maximum atomic E-state index is 12.2. The predicted molar refractivity (Wildman–Crippen MR) is 64.0 cm³/mol. The lowest BCUT2D eigenvalue weighted by Gasteiger charge is -2.34. The van der Waals surface area contributed by atoms with Crippen molar-refractivity contribution in [3.05, 3.63) is 17.5 Å². The molecule has 2 unspecified atom stereocenters. The Morgan fingerprint density at radius 3 is 2.45 bits per heavy atom. The lowest BCUT2D eigenvalue weighted by atomic mass is 9.85. The normalized spacial score (nSPS) is 22.6. The summed E-state index contributed by atoms with van der Waals surface area (Å²) in [6.07, 6.45) is 1.50. The van der Waals surface area contributed by atoms with Gasteiger partial charge < -0.3 is 19.6 Å². The van der Waals surface area contributed by atoms with E-state index in [0.29, 0.717) is 5.56 Å². The second kappa shape index (κ2) is 5.32. The Bertz CT molecular complexity index is 552. The first-order valence-electron chi connectivity index (χ1n) is 6.08. The van der Waals surface area contributed by atoms with E-state index in [-0.39, 0.29) is 25.3 Å². The number of likely N-dealkylation sites (tertiary alicyclic amines) is 1. The van der Waals surface area contributed by atoms with Crippen molar-refractivity contribution in [1.29, 1.82) is 0 Å². The summed E-state index contributed by atoms with van der Waals surface area (Å²) in [6, 6.07) is 0. The van der Waals surface area contributed by atoms with Gasteiger partial charge in [-0.15, -0.1) is 0 Å². The zero-order chi connectivity index (χ0) is 14.9. The highest BCUT2D eigenvalue weighted by Gasteiger charge is 2.40. The smallest absolute Gasteiger partial charge is 0.309 e. The van der Waals surface area contributed by atoms with Gasteiger partial charge in [-0.2, -0.15) is 0 Å². The average molecular weight is 282 g/mol. The number of carboxylic acid groups (broad SMARTS) is 2. The predicted octanol–water partition coefficient (Wildman–Crippen LogP) is 0.231. The van der Waals surface area contributed by atoms with Crippen molar-refractivity contribution in [2.75, 3.05) is 13.1 Å². The highest BCUT2D eigenvalue weighted by atomic mass is 16.5. The molecule has 2 N–H and O–H groups in total. The van der Waals surface area contributed by atoms with Gasteiger partial charge >= 0.3 is 11.9 Å². The number of aryl methyl sites for hydroxylation is 1. The van der Waals surface area contributed by atoms with Crippen LogP contribution in [0.4, 0.5) is 0 Å². The average Bonchev–Trinajstić information content (AvgIpc) is 2.83. The SMILES string of the molecule is Cc1cnoc1C(=O)N1CCC(C(=O)O)C(C(=O)O)C1. The highest BCUT2D eigenvalue weighted by Crippen LogP contribution is 2.26. The van der Waals surface area contributed by atoms with Crippen LogP contribution in [-0.2, 0) is 9.59 Å². The second-order valence-electron chi connectivity index (χ2n) is 4.77. The van der Waals surface area contributed by atoms with Gasteiger partial charge in [0.2, 0.25) is 5.76 Å². The third-order valence-corrected chi connectivity index (χ3v) is 3.48. The number of aromatic nitrogens is 1. The van der Waals surface area contributed by atoms with Gasteiger partial charge in [0.05, 0.1) is 18.0 Å². The van der Waals surface area contributed by atoms with E-state index in [1.807, 2.05) is 0 Å². The van der Waals surface area contributed by atoms with E-state index in [2.05, 4.69) is 5.16 Å². The molecule has 2 rings (SSSR count). The van der Waals surface area contributed by atoms with Gasteiger partial charge in [-0.3, -0.25) is 14.4 Å². The van der Waals surface area contributed by atoms with Crippen LogP contribution in [0.2, 0.25) is 0 Å². The van der Waals surface area contributed by atoms with Crippen molar-refractivity contribution in [3.8, 4) is 0 Å². The third-order valence-electron chi connectivity index (χ3n) is 3.48. The molecular formula is C12H14N2O6. The van der Waals surface area contributed by atoms with Crippen LogP contribution in [0.25, 0.3) is 0 Å². The Morgan fingerprint density at radius 1 is 1.30 bits per heavy atom. The van der Waals surface area contributed by atoms with Crippen molar-refractivity contribution in [2.24, 2.45) is 11.8 Å². The van der Waals surface area contributed by atoms with Crippen molar-refractivity contribution in [3.63, 3.8) is 0 Å². The minimum Gasteiger partial charge on any atom is -0.481 e. The number of nitrogens with zero attached hydrogens (tertiary/aromatic N) is 2. The second-order valence-corrected chi connectivity index (χ2v) is 4.77. The first-order chi connectivity index (χ1) is 9.41. The van der Waals surface area contributed by atoms with Crippen LogP contribution in [0, 0.1) is 18.8 Å². The van der Waals surface area contributed by atoms with Crippen molar-refractivity contribution in [2.45, 2.75) is 13.3 Å². The lowest BCUT2D eigenvalue weighted by molar-refractivity contribution is -0.156. The van der Waals surface area contributed by atoms with Gasteiger partial charge in [0.25, 0.3) is 5.91 Å². The number of aliphatic carboxylic acids is 2. The van der Waals surface area contributed by atoms with E-state index in [1.54, 1.807) is 6.92 Å². The highest BCUT2D eigenvalue weighted by molar-refractivity contribution is 5.93. The first-order valence-corrected chi connectivity index (χ1v) is 6.08. The minimum absolute atomic E-state index is 0.0583.